The van der Waals surface area contributed by atoms with E-state index in [1.54, 1.807) is 32.3 Å². The van der Waals surface area contributed by atoms with Gasteiger partial charge in [-0.3, -0.25) is 4.98 Å². The van der Waals surface area contributed by atoms with Gasteiger partial charge in [0.1, 0.15) is 11.3 Å². The first-order chi connectivity index (χ1) is 11.1. The van der Waals surface area contributed by atoms with E-state index in [4.69, 9.17) is 0 Å². The molecule has 0 N–H and O–H groups in total. The van der Waals surface area contributed by atoms with E-state index in [2.05, 4.69) is 20.3 Å². The van der Waals surface area contributed by atoms with Crippen LogP contribution in [0.1, 0.15) is 5.69 Å². The molecule has 0 amide bonds. The van der Waals surface area contributed by atoms with Gasteiger partial charge in [0.25, 0.3) is 0 Å². The second-order valence-corrected chi connectivity index (χ2v) is 5.29. The lowest BCUT2D eigenvalue weighted by atomic mass is 10.0. The van der Waals surface area contributed by atoms with Gasteiger partial charge in [-0.25, -0.2) is 13.5 Å². The minimum Gasteiger partial charge on any atom is -0.261 e. The fourth-order valence-electron chi connectivity index (χ4n) is 2.74. The van der Waals surface area contributed by atoms with Crippen molar-refractivity contribution in [1.82, 2.24) is 25.0 Å². The molecule has 0 fully saturated rings. The lowest BCUT2D eigenvalue weighted by Gasteiger charge is -2.10. The Morgan fingerprint density at radius 3 is 2.74 bits per heavy atom. The Labute approximate surface area is 129 Å². The number of aromatic nitrogens is 5. The molecule has 0 unspecified atom stereocenters. The van der Waals surface area contributed by atoms with Gasteiger partial charge in [0.15, 0.2) is 11.5 Å². The average Bonchev–Trinajstić information content (AvgIpc) is 2.91. The van der Waals surface area contributed by atoms with E-state index in [1.165, 1.54) is 16.9 Å². The maximum atomic E-state index is 14.9. The number of hydrogen-bond donors (Lipinski definition) is 0. The van der Waals surface area contributed by atoms with Crippen LogP contribution in [0.2, 0.25) is 0 Å². The second kappa shape index (κ2) is 4.77. The van der Waals surface area contributed by atoms with Crippen molar-refractivity contribution in [3.05, 3.63) is 47.9 Å². The van der Waals surface area contributed by atoms with Gasteiger partial charge in [-0.15, -0.1) is 10.2 Å². The molecular weight excluding hydrogens is 300 g/mol. The van der Waals surface area contributed by atoms with Gasteiger partial charge in [0.05, 0.1) is 17.1 Å². The summed E-state index contributed by atoms with van der Waals surface area (Å²) in [5.41, 5.74) is 1.30. The molecule has 0 spiro atoms. The third-order valence-electron chi connectivity index (χ3n) is 3.91. The van der Waals surface area contributed by atoms with Crippen molar-refractivity contribution in [1.29, 1.82) is 0 Å². The van der Waals surface area contributed by atoms with Crippen LogP contribution in [-0.2, 0) is 7.05 Å². The molecule has 3 aromatic heterocycles. The van der Waals surface area contributed by atoms with Crippen LogP contribution in [0.15, 0.2) is 30.6 Å². The summed E-state index contributed by atoms with van der Waals surface area (Å²) in [5.74, 6) is -1.40. The minimum atomic E-state index is -0.741. The Balaban J connectivity index is 2.13. The van der Waals surface area contributed by atoms with Crippen LogP contribution < -0.4 is 0 Å². The predicted octanol–water partition coefficient (Wildman–Crippen LogP) is 3.17. The fourth-order valence-corrected chi connectivity index (χ4v) is 2.74. The summed E-state index contributed by atoms with van der Waals surface area (Å²) in [6.45, 7) is 1.70. The molecule has 0 bridgehead atoms. The molecule has 114 valence electrons. The van der Waals surface area contributed by atoms with Crippen LogP contribution in [-0.4, -0.2) is 25.0 Å². The van der Waals surface area contributed by atoms with Gasteiger partial charge >= 0.3 is 0 Å². The SMILES string of the molecule is Cc1ncccc1-c1c(F)cc2c(nnc3c2cnn3C)c1F. The van der Waals surface area contributed by atoms with Crippen LogP contribution in [0.25, 0.3) is 33.1 Å². The average molecular weight is 311 g/mol. The molecule has 5 nitrogen and oxygen atoms in total. The molecule has 0 aliphatic rings. The summed E-state index contributed by atoms with van der Waals surface area (Å²) >= 11 is 0. The molecule has 4 rings (SSSR count). The van der Waals surface area contributed by atoms with Gasteiger partial charge in [0, 0.05) is 29.9 Å². The first-order valence-electron chi connectivity index (χ1n) is 6.96. The van der Waals surface area contributed by atoms with Crippen LogP contribution in [0.4, 0.5) is 8.78 Å². The Morgan fingerprint density at radius 2 is 1.96 bits per heavy atom. The van der Waals surface area contributed by atoms with Crippen molar-refractivity contribution in [2.24, 2.45) is 7.05 Å². The van der Waals surface area contributed by atoms with Crippen LogP contribution in [0, 0.1) is 18.6 Å². The van der Waals surface area contributed by atoms with E-state index in [-0.39, 0.29) is 11.1 Å². The van der Waals surface area contributed by atoms with Crippen LogP contribution >= 0.6 is 0 Å². The molecule has 0 atom stereocenters. The van der Waals surface area contributed by atoms with E-state index in [9.17, 15) is 8.78 Å². The van der Waals surface area contributed by atoms with E-state index >= 15 is 0 Å². The highest BCUT2D eigenvalue weighted by Crippen LogP contribution is 2.34. The lowest BCUT2D eigenvalue weighted by molar-refractivity contribution is 0.595. The summed E-state index contributed by atoms with van der Waals surface area (Å²) in [5, 5.41) is 12.9. The van der Waals surface area contributed by atoms with Crippen molar-refractivity contribution < 1.29 is 8.78 Å². The van der Waals surface area contributed by atoms with E-state index in [0.29, 0.717) is 27.7 Å². The largest absolute Gasteiger partial charge is 0.261 e. The summed E-state index contributed by atoms with van der Waals surface area (Å²) in [6.07, 6.45) is 3.11. The zero-order valence-electron chi connectivity index (χ0n) is 12.4. The number of benzene rings is 1. The molecule has 0 aliphatic heterocycles. The molecule has 3 heterocycles. The summed E-state index contributed by atoms with van der Waals surface area (Å²) in [4.78, 5) is 4.09. The van der Waals surface area contributed by atoms with Gasteiger partial charge < -0.3 is 0 Å². The van der Waals surface area contributed by atoms with Crippen molar-refractivity contribution in [2.75, 3.05) is 0 Å². The minimum absolute atomic E-state index is 0.0187. The van der Waals surface area contributed by atoms with Crippen molar-refractivity contribution in [3.63, 3.8) is 0 Å². The first-order valence-corrected chi connectivity index (χ1v) is 6.96. The van der Waals surface area contributed by atoms with Gasteiger partial charge in [0.2, 0.25) is 0 Å². The Kier molecular flexibility index (Phi) is 2.84. The van der Waals surface area contributed by atoms with E-state index in [0.717, 1.165) is 0 Å². The number of rotatable bonds is 1. The normalized spacial score (nSPS) is 11.5. The Bertz CT molecular complexity index is 1070. The molecule has 0 radical (unpaired) electrons. The zero-order chi connectivity index (χ0) is 16.1. The summed E-state index contributed by atoms with van der Waals surface area (Å²) in [7, 11) is 1.70. The molecule has 0 aliphatic carbocycles. The van der Waals surface area contributed by atoms with Gasteiger partial charge in [-0.05, 0) is 19.1 Å². The third-order valence-corrected chi connectivity index (χ3v) is 3.91. The smallest absolute Gasteiger partial charge is 0.180 e. The maximum absolute atomic E-state index is 14.9. The zero-order valence-corrected chi connectivity index (χ0v) is 12.4. The molecule has 0 saturated heterocycles. The Morgan fingerprint density at radius 1 is 1.13 bits per heavy atom. The highest BCUT2D eigenvalue weighted by Gasteiger charge is 2.20. The number of hydrogen-bond acceptors (Lipinski definition) is 4. The highest BCUT2D eigenvalue weighted by molar-refractivity contribution is 6.03. The second-order valence-electron chi connectivity index (χ2n) is 5.29. The number of aryl methyl sites for hydroxylation is 2. The number of fused-ring (bicyclic) bond motifs is 3. The molecule has 7 heteroatoms. The quantitative estimate of drug-likeness (QED) is 0.542. The fraction of sp³-hybridized carbons (Fsp3) is 0.125. The van der Waals surface area contributed by atoms with E-state index < -0.39 is 11.6 Å². The highest BCUT2D eigenvalue weighted by atomic mass is 19.1. The Hall–Kier alpha value is -2.96. The molecule has 0 saturated carbocycles. The molecule has 4 aromatic rings. The van der Waals surface area contributed by atoms with Gasteiger partial charge in [-0.2, -0.15) is 5.10 Å². The van der Waals surface area contributed by atoms with Crippen molar-refractivity contribution >= 4 is 21.9 Å². The van der Waals surface area contributed by atoms with Crippen molar-refractivity contribution in [3.8, 4) is 11.1 Å². The van der Waals surface area contributed by atoms with Gasteiger partial charge in [-0.1, -0.05) is 6.07 Å². The molecular formula is C16H11F2N5. The number of nitrogens with zero attached hydrogens (tertiary/aromatic N) is 5. The van der Waals surface area contributed by atoms with Crippen LogP contribution in [0.5, 0.6) is 0 Å². The molecule has 1 aromatic carbocycles. The summed E-state index contributed by atoms with van der Waals surface area (Å²) in [6, 6.07) is 4.55. The maximum Gasteiger partial charge on any atom is 0.180 e. The molecule has 23 heavy (non-hydrogen) atoms. The topological polar surface area (TPSA) is 56.5 Å². The number of halogens is 2. The first kappa shape index (κ1) is 13.7. The van der Waals surface area contributed by atoms with Crippen LogP contribution in [0.3, 0.4) is 0 Å². The monoisotopic (exact) mass is 311 g/mol. The standard InChI is InChI=1S/C16H11F2N5/c1-8-9(4-3-5-19-8)13-12(17)6-10-11-7-20-23(2)16(11)22-21-15(10)14(13)18/h3-7H,1-2H3. The number of pyridine rings is 1. The predicted molar refractivity (Wildman–Crippen MR) is 81.7 cm³/mol. The summed E-state index contributed by atoms with van der Waals surface area (Å²) < 4.78 is 31.1. The lowest BCUT2D eigenvalue weighted by Crippen LogP contribution is -1.99. The van der Waals surface area contributed by atoms with Crippen molar-refractivity contribution in [2.45, 2.75) is 6.92 Å². The third kappa shape index (κ3) is 1.89. The van der Waals surface area contributed by atoms with E-state index in [1.807, 2.05) is 0 Å².